The summed E-state index contributed by atoms with van der Waals surface area (Å²) in [5, 5.41) is 0. The number of ether oxygens (including phenoxy) is 2. The van der Waals surface area contributed by atoms with Crippen LogP contribution in [0.4, 0.5) is 32.2 Å². The van der Waals surface area contributed by atoms with Gasteiger partial charge in [-0.25, -0.2) is 0 Å². The zero-order valence-electron chi connectivity index (χ0n) is 13.3. The number of nitrogens with zero attached hydrogens (tertiary/aromatic N) is 1. The molecular formula is C14H18F6N2O2. The van der Waals surface area contributed by atoms with Gasteiger partial charge in [0, 0.05) is 7.11 Å². The third kappa shape index (κ3) is 3.52. The van der Waals surface area contributed by atoms with Crippen LogP contribution in [-0.2, 0) is 10.3 Å². The van der Waals surface area contributed by atoms with E-state index in [-0.39, 0.29) is 5.82 Å². The highest BCUT2D eigenvalue weighted by Crippen LogP contribution is 2.54. The minimum Gasteiger partial charge on any atom is -0.474 e. The lowest BCUT2D eigenvalue weighted by atomic mass is 9.92. The normalized spacial score (nSPS) is 13.4. The van der Waals surface area contributed by atoms with Crippen LogP contribution in [0.2, 0.25) is 0 Å². The maximum atomic E-state index is 13.4. The van der Waals surface area contributed by atoms with Crippen LogP contribution in [-0.4, -0.2) is 30.6 Å². The second-order valence-electron chi connectivity index (χ2n) is 5.03. The summed E-state index contributed by atoms with van der Waals surface area (Å²) >= 11 is 0. The number of methoxy groups -OCH3 is 1. The zero-order valence-corrected chi connectivity index (χ0v) is 13.3. The van der Waals surface area contributed by atoms with Gasteiger partial charge >= 0.3 is 12.4 Å². The number of alkyl halides is 6. The van der Waals surface area contributed by atoms with Crippen molar-refractivity contribution >= 4 is 5.82 Å². The molecule has 0 saturated carbocycles. The van der Waals surface area contributed by atoms with E-state index in [9.17, 15) is 26.3 Å². The number of pyridine rings is 1. The average molecular weight is 360 g/mol. The second kappa shape index (κ2) is 7.04. The minimum atomic E-state index is -5.79. The molecule has 0 fully saturated rings. The van der Waals surface area contributed by atoms with Crippen molar-refractivity contribution in [2.75, 3.05) is 12.8 Å². The topological polar surface area (TPSA) is 57.4 Å². The SMILES string of the molecule is CCC(CC)Oc1nc(N)ccc1C(OC)(C(F)(F)F)C(F)(F)F. The molecular weight excluding hydrogens is 342 g/mol. The number of anilines is 1. The van der Waals surface area contributed by atoms with Gasteiger partial charge in [0.05, 0.1) is 11.7 Å². The predicted molar refractivity (Wildman–Crippen MR) is 74.4 cm³/mol. The summed E-state index contributed by atoms with van der Waals surface area (Å²) in [5.41, 5.74) is -0.459. The fourth-order valence-electron chi connectivity index (χ4n) is 2.23. The largest absolute Gasteiger partial charge is 0.474 e. The molecule has 0 aliphatic rings. The first-order valence-corrected chi connectivity index (χ1v) is 7.06. The van der Waals surface area contributed by atoms with E-state index in [1.165, 1.54) is 0 Å². The van der Waals surface area contributed by atoms with Gasteiger partial charge in [-0.2, -0.15) is 31.3 Å². The van der Waals surface area contributed by atoms with Crippen LogP contribution < -0.4 is 10.5 Å². The maximum absolute atomic E-state index is 13.4. The molecule has 138 valence electrons. The summed E-state index contributed by atoms with van der Waals surface area (Å²) in [6, 6.07) is 1.41. The summed E-state index contributed by atoms with van der Waals surface area (Å²) in [4.78, 5) is 3.53. The number of hydrogen-bond acceptors (Lipinski definition) is 4. The minimum absolute atomic E-state index is 0.269. The quantitative estimate of drug-likeness (QED) is 0.773. The Labute approximate surface area is 134 Å². The molecule has 0 spiro atoms. The monoisotopic (exact) mass is 360 g/mol. The van der Waals surface area contributed by atoms with Gasteiger partial charge in [-0.15, -0.1) is 0 Å². The van der Waals surface area contributed by atoms with Gasteiger partial charge < -0.3 is 15.2 Å². The van der Waals surface area contributed by atoms with Gasteiger partial charge in [-0.1, -0.05) is 13.8 Å². The van der Waals surface area contributed by atoms with Crippen LogP contribution in [0, 0.1) is 0 Å². The molecule has 0 aliphatic heterocycles. The van der Waals surface area contributed by atoms with Gasteiger partial charge in [0.15, 0.2) is 0 Å². The van der Waals surface area contributed by atoms with E-state index in [2.05, 4.69) is 9.72 Å². The number of nitrogen functional groups attached to an aromatic ring is 1. The lowest BCUT2D eigenvalue weighted by molar-refractivity contribution is -0.383. The zero-order chi connectivity index (χ0) is 18.8. The molecule has 0 amide bonds. The number of nitrogens with two attached hydrogens (primary N) is 1. The van der Waals surface area contributed by atoms with E-state index in [1.807, 2.05) is 0 Å². The summed E-state index contributed by atoms with van der Waals surface area (Å²) in [6.07, 6.45) is -11.5. The first-order valence-electron chi connectivity index (χ1n) is 7.06. The van der Waals surface area contributed by atoms with Crippen LogP contribution in [0.3, 0.4) is 0 Å². The first-order chi connectivity index (χ1) is 10.9. The van der Waals surface area contributed by atoms with Crippen molar-refractivity contribution in [3.63, 3.8) is 0 Å². The molecule has 1 aromatic heterocycles. The summed E-state index contributed by atoms with van der Waals surface area (Å²) in [7, 11) is 0.332. The molecule has 1 aromatic rings. The highest BCUT2D eigenvalue weighted by Gasteiger charge is 2.74. The molecule has 0 aliphatic carbocycles. The molecule has 2 N–H and O–H groups in total. The Hall–Kier alpha value is -1.71. The lowest BCUT2D eigenvalue weighted by Gasteiger charge is -2.37. The van der Waals surface area contributed by atoms with E-state index in [1.54, 1.807) is 13.8 Å². The van der Waals surface area contributed by atoms with Gasteiger partial charge in [0.2, 0.25) is 5.88 Å². The van der Waals surface area contributed by atoms with Crippen LogP contribution in [0.15, 0.2) is 12.1 Å². The first kappa shape index (κ1) is 20.3. The molecule has 10 heteroatoms. The average Bonchev–Trinajstić information content (AvgIpc) is 2.44. The Morgan fingerprint density at radius 3 is 1.92 bits per heavy atom. The summed E-state index contributed by atoms with van der Waals surface area (Å²) in [5.74, 6) is -1.12. The van der Waals surface area contributed by atoms with Crippen molar-refractivity contribution in [3.05, 3.63) is 17.7 Å². The summed E-state index contributed by atoms with van der Waals surface area (Å²) < 4.78 is 89.5. The number of rotatable bonds is 6. The van der Waals surface area contributed by atoms with Crippen LogP contribution >= 0.6 is 0 Å². The molecule has 24 heavy (non-hydrogen) atoms. The number of hydrogen-bond donors (Lipinski definition) is 1. The van der Waals surface area contributed by atoms with Crippen molar-refractivity contribution in [2.45, 2.75) is 50.7 Å². The smallest absolute Gasteiger partial charge is 0.431 e. The predicted octanol–water partition coefficient (Wildman–Crippen LogP) is 4.20. The third-order valence-electron chi connectivity index (χ3n) is 3.55. The van der Waals surface area contributed by atoms with E-state index >= 15 is 0 Å². The molecule has 4 nitrogen and oxygen atoms in total. The molecule has 1 heterocycles. The van der Waals surface area contributed by atoms with Crippen molar-refractivity contribution in [1.82, 2.24) is 4.98 Å². The molecule has 0 aromatic carbocycles. The van der Waals surface area contributed by atoms with Gasteiger partial charge in [-0.3, -0.25) is 0 Å². The Bertz CT molecular complexity index is 541. The molecule has 0 atom stereocenters. The van der Waals surface area contributed by atoms with Crippen molar-refractivity contribution in [2.24, 2.45) is 0 Å². The molecule has 0 saturated heterocycles. The lowest BCUT2D eigenvalue weighted by Crippen LogP contribution is -2.55. The number of halogens is 6. The molecule has 0 unspecified atom stereocenters. The highest BCUT2D eigenvalue weighted by atomic mass is 19.4. The molecule has 0 radical (unpaired) electrons. The van der Waals surface area contributed by atoms with Crippen LogP contribution in [0.25, 0.3) is 0 Å². The van der Waals surface area contributed by atoms with Gasteiger partial charge in [0.25, 0.3) is 5.60 Å². The van der Waals surface area contributed by atoms with Crippen molar-refractivity contribution in [1.29, 1.82) is 0 Å². The van der Waals surface area contributed by atoms with Crippen molar-refractivity contribution < 1.29 is 35.8 Å². The number of aromatic nitrogens is 1. The fraction of sp³-hybridized carbons (Fsp3) is 0.643. The van der Waals surface area contributed by atoms with E-state index in [0.717, 1.165) is 6.07 Å². The third-order valence-corrected chi connectivity index (χ3v) is 3.55. The Kier molecular flexibility index (Phi) is 5.96. The van der Waals surface area contributed by atoms with Crippen LogP contribution in [0.1, 0.15) is 32.3 Å². The Balaban J connectivity index is 3.66. The summed E-state index contributed by atoms with van der Waals surface area (Å²) in [6.45, 7) is 3.36. The van der Waals surface area contributed by atoms with E-state index < -0.39 is 35.5 Å². The molecule has 0 bridgehead atoms. The van der Waals surface area contributed by atoms with Gasteiger partial charge in [0.1, 0.15) is 5.82 Å². The molecule has 1 rings (SSSR count). The van der Waals surface area contributed by atoms with E-state index in [0.29, 0.717) is 26.0 Å². The fourth-order valence-corrected chi connectivity index (χ4v) is 2.23. The van der Waals surface area contributed by atoms with Gasteiger partial charge in [-0.05, 0) is 25.0 Å². The van der Waals surface area contributed by atoms with Crippen molar-refractivity contribution in [3.8, 4) is 5.88 Å². The maximum Gasteiger partial charge on any atom is 0.431 e. The standard InChI is InChI=1S/C14H18F6N2O2/c1-4-8(5-2)24-11-9(6-7-10(21)22-11)12(23-3,13(15,16)17)14(18,19)20/h6-8H,4-5H2,1-3H3,(H2,21,22). The Morgan fingerprint density at radius 2 is 1.54 bits per heavy atom. The highest BCUT2D eigenvalue weighted by molar-refractivity contribution is 5.43. The van der Waals surface area contributed by atoms with E-state index in [4.69, 9.17) is 10.5 Å². The van der Waals surface area contributed by atoms with Crippen LogP contribution in [0.5, 0.6) is 5.88 Å². The second-order valence-corrected chi connectivity index (χ2v) is 5.03. The Morgan fingerprint density at radius 1 is 1.04 bits per heavy atom.